The van der Waals surface area contributed by atoms with Crippen LogP contribution < -0.4 is 4.90 Å². The summed E-state index contributed by atoms with van der Waals surface area (Å²) >= 11 is 1.77. The second kappa shape index (κ2) is 7.72. The van der Waals surface area contributed by atoms with E-state index in [0.717, 1.165) is 46.9 Å². The van der Waals surface area contributed by atoms with Crippen LogP contribution in [0.2, 0.25) is 0 Å². The summed E-state index contributed by atoms with van der Waals surface area (Å²) in [4.78, 5) is 23.4. The quantitative estimate of drug-likeness (QED) is 0.671. The lowest BCUT2D eigenvalue weighted by atomic mass is 10.0. The predicted octanol–water partition coefficient (Wildman–Crippen LogP) is 3.91. The van der Waals surface area contributed by atoms with Crippen molar-refractivity contribution in [2.24, 2.45) is 0 Å². The Bertz CT molecular complexity index is 939. The summed E-state index contributed by atoms with van der Waals surface area (Å²) in [5.74, 6) is 0. The molecule has 2 aliphatic heterocycles. The van der Waals surface area contributed by atoms with Gasteiger partial charge in [-0.1, -0.05) is 17.8 Å². The zero-order valence-electron chi connectivity index (χ0n) is 16.3. The molecular formula is C21H26N6S. The van der Waals surface area contributed by atoms with Crippen LogP contribution in [-0.4, -0.2) is 57.1 Å². The summed E-state index contributed by atoms with van der Waals surface area (Å²) in [5.41, 5.74) is 3.56. The van der Waals surface area contributed by atoms with Gasteiger partial charge in [-0.25, -0.2) is 4.98 Å². The number of aromatic nitrogens is 4. The van der Waals surface area contributed by atoms with Crippen molar-refractivity contribution in [2.75, 3.05) is 31.1 Å². The SMILES string of the molecule is Cc1cnc(-c2cc3sc(N4CCC(N5CCCCC5)CC4)nc3cn2)cn1. The summed E-state index contributed by atoms with van der Waals surface area (Å²) in [7, 11) is 0. The Morgan fingerprint density at radius 1 is 0.893 bits per heavy atom. The van der Waals surface area contributed by atoms with Crippen LogP contribution in [0.1, 0.15) is 37.8 Å². The van der Waals surface area contributed by atoms with E-state index < -0.39 is 0 Å². The lowest BCUT2D eigenvalue weighted by molar-refractivity contribution is 0.141. The molecule has 3 aromatic rings. The molecule has 6 nitrogen and oxygen atoms in total. The van der Waals surface area contributed by atoms with Crippen LogP contribution in [0.25, 0.3) is 21.6 Å². The van der Waals surface area contributed by atoms with E-state index >= 15 is 0 Å². The molecule has 0 atom stereocenters. The number of piperidine rings is 2. The van der Waals surface area contributed by atoms with Gasteiger partial charge in [0.2, 0.25) is 0 Å². The first-order valence-corrected chi connectivity index (χ1v) is 11.1. The Balaban J connectivity index is 1.31. The highest BCUT2D eigenvalue weighted by Crippen LogP contribution is 2.33. The predicted molar refractivity (Wildman–Crippen MR) is 114 cm³/mol. The molecule has 0 radical (unpaired) electrons. The average molecular weight is 395 g/mol. The van der Waals surface area contributed by atoms with E-state index in [-0.39, 0.29) is 0 Å². The van der Waals surface area contributed by atoms with Crippen LogP contribution in [0.15, 0.2) is 24.7 Å². The third-order valence-corrected chi connectivity index (χ3v) is 7.03. The topological polar surface area (TPSA) is 58.0 Å². The van der Waals surface area contributed by atoms with Gasteiger partial charge in [-0.15, -0.1) is 0 Å². The molecule has 0 amide bonds. The maximum atomic E-state index is 4.86. The van der Waals surface area contributed by atoms with Crippen LogP contribution in [0.3, 0.4) is 0 Å². The van der Waals surface area contributed by atoms with E-state index in [1.165, 1.54) is 49.9 Å². The lowest BCUT2D eigenvalue weighted by Gasteiger charge is -2.40. The summed E-state index contributed by atoms with van der Waals surface area (Å²) < 4.78 is 1.17. The largest absolute Gasteiger partial charge is 0.348 e. The Kier molecular flexibility index (Phi) is 4.94. The Labute approximate surface area is 169 Å². The highest BCUT2D eigenvalue weighted by Gasteiger charge is 2.26. The van der Waals surface area contributed by atoms with E-state index in [0.29, 0.717) is 0 Å². The summed E-state index contributed by atoms with van der Waals surface area (Å²) in [6.07, 6.45) is 12.1. The highest BCUT2D eigenvalue weighted by atomic mass is 32.1. The zero-order chi connectivity index (χ0) is 18.9. The van der Waals surface area contributed by atoms with Crippen molar-refractivity contribution in [3.63, 3.8) is 0 Å². The number of aryl methyl sites for hydroxylation is 1. The van der Waals surface area contributed by atoms with Crippen LogP contribution >= 0.6 is 11.3 Å². The van der Waals surface area contributed by atoms with Crippen LogP contribution in [0.4, 0.5) is 5.13 Å². The van der Waals surface area contributed by atoms with Crippen molar-refractivity contribution < 1.29 is 0 Å². The molecule has 5 heterocycles. The fourth-order valence-electron chi connectivity index (χ4n) is 4.33. The number of fused-ring (bicyclic) bond motifs is 1. The molecule has 0 bridgehead atoms. The number of likely N-dealkylation sites (tertiary alicyclic amines) is 1. The molecule has 146 valence electrons. The number of rotatable bonds is 3. The van der Waals surface area contributed by atoms with Gasteiger partial charge in [-0.05, 0) is 51.8 Å². The van der Waals surface area contributed by atoms with Crippen molar-refractivity contribution in [3.8, 4) is 11.4 Å². The normalized spacial score (nSPS) is 19.4. The summed E-state index contributed by atoms with van der Waals surface area (Å²) in [5, 5.41) is 1.13. The number of pyridine rings is 1. The van der Waals surface area contributed by atoms with Gasteiger partial charge < -0.3 is 9.80 Å². The molecule has 2 aliphatic rings. The number of thiazole rings is 1. The van der Waals surface area contributed by atoms with Gasteiger partial charge in [0.15, 0.2) is 5.13 Å². The number of anilines is 1. The number of nitrogens with zero attached hydrogens (tertiary/aromatic N) is 6. The van der Waals surface area contributed by atoms with E-state index in [2.05, 4.69) is 30.8 Å². The van der Waals surface area contributed by atoms with Crippen molar-refractivity contribution in [3.05, 3.63) is 30.4 Å². The molecule has 5 rings (SSSR count). The minimum Gasteiger partial charge on any atom is -0.348 e. The van der Waals surface area contributed by atoms with E-state index in [1.54, 1.807) is 23.7 Å². The van der Waals surface area contributed by atoms with Gasteiger partial charge in [0.05, 0.1) is 28.5 Å². The Morgan fingerprint density at radius 2 is 1.68 bits per heavy atom. The maximum Gasteiger partial charge on any atom is 0.186 e. The standard InChI is InChI=1S/C21H26N6S/c1-15-12-23-18(13-22-15)17-11-20-19(14-24-17)25-21(28-20)27-9-5-16(6-10-27)26-7-3-2-4-8-26/h11-14,16H,2-10H2,1H3. The fourth-order valence-corrected chi connectivity index (χ4v) is 5.35. The van der Waals surface area contributed by atoms with Crippen molar-refractivity contribution >= 4 is 26.7 Å². The molecule has 3 aromatic heterocycles. The van der Waals surface area contributed by atoms with Crippen LogP contribution in [0, 0.1) is 6.92 Å². The van der Waals surface area contributed by atoms with Gasteiger partial charge in [0.1, 0.15) is 11.2 Å². The summed E-state index contributed by atoms with van der Waals surface area (Å²) in [6.45, 7) is 6.73. The minimum atomic E-state index is 0.763. The van der Waals surface area contributed by atoms with Gasteiger partial charge in [-0.2, -0.15) is 0 Å². The van der Waals surface area contributed by atoms with Gasteiger partial charge in [-0.3, -0.25) is 15.0 Å². The van der Waals surface area contributed by atoms with Gasteiger partial charge >= 0.3 is 0 Å². The first kappa shape index (κ1) is 17.9. The Hall–Kier alpha value is -2.12. The first-order valence-electron chi connectivity index (χ1n) is 10.3. The maximum absolute atomic E-state index is 4.86. The molecule has 28 heavy (non-hydrogen) atoms. The van der Waals surface area contributed by atoms with Gasteiger partial charge in [0.25, 0.3) is 0 Å². The first-order chi connectivity index (χ1) is 13.8. The molecule has 0 N–H and O–H groups in total. The molecule has 0 aliphatic carbocycles. The molecule has 2 saturated heterocycles. The molecule has 0 saturated carbocycles. The Morgan fingerprint density at radius 3 is 2.43 bits per heavy atom. The van der Waals surface area contributed by atoms with Gasteiger partial charge in [0, 0.05) is 25.3 Å². The monoisotopic (exact) mass is 394 g/mol. The number of hydrogen-bond donors (Lipinski definition) is 0. The van der Waals surface area contributed by atoms with Crippen LogP contribution in [-0.2, 0) is 0 Å². The smallest absolute Gasteiger partial charge is 0.186 e. The molecular weight excluding hydrogens is 368 g/mol. The average Bonchev–Trinajstić information content (AvgIpc) is 3.18. The molecule has 0 spiro atoms. The molecule has 7 heteroatoms. The second-order valence-electron chi connectivity index (χ2n) is 7.89. The third kappa shape index (κ3) is 3.61. The molecule has 0 aromatic carbocycles. The highest BCUT2D eigenvalue weighted by molar-refractivity contribution is 7.22. The van der Waals surface area contributed by atoms with E-state index in [9.17, 15) is 0 Å². The second-order valence-corrected chi connectivity index (χ2v) is 8.90. The molecule has 0 unspecified atom stereocenters. The van der Waals surface area contributed by atoms with E-state index in [4.69, 9.17) is 4.98 Å². The van der Waals surface area contributed by atoms with Crippen LogP contribution in [0.5, 0.6) is 0 Å². The van der Waals surface area contributed by atoms with E-state index in [1.807, 2.05) is 13.1 Å². The van der Waals surface area contributed by atoms with Crippen molar-refractivity contribution in [2.45, 2.75) is 45.1 Å². The molecule has 2 fully saturated rings. The lowest BCUT2D eigenvalue weighted by Crippen LogP contribution is -2.46. The minimum absolute atomic E-state index is 0.763. The van der Waals surface area contributed by atoms with Crippen molar-refractivity contribution in [1.82, 2.24) is 24.8 Å². The zero-order valence-corrected chi connectivity index (χ0v) is 17.2. The number of hydrogen-bond acceptors (Lipinski definition) is 7. The van der Waals surface area contributed by atoms with Crippen molar-refractivity contribution in [1.29, 1.82) is 0 Å². The third-order valence-electron chi connectivity index (χ3n) is 5.95. The fraction of sp³-hybridized carbons (Fsp3) is 0.524. The summed E-state index contributed by atoms with van der Waals surface area (Å²) in [6, 6.07) is 2.86.